The maximum absolute atomic E-state index is 12.7. The number of fused-ring (bicyclic) bond motifs is 2. The van der Waals surface area contributed by atoms with Gasteiger partial charge in [0.15, 0.2) is 11.6 Å². The second-order valence-corrected chi connectivity index (χ2v) is 8.36. The van der Waals surface area contributed by atoms with Crippen molar-refractivity contribution in [2.45, 2.75) is 33.1 Å². The van der Waals surface area contributed by atoms with Crippen LogP contribution in [0, 0.1) is 0 Å². The number of unbranched alkanes of at least 4 members (excludes halogenated alkanes) is 2. The molecule has 0 atom stereocenters. The third kappa shape index (κ3) is 4.96. The maximum Gasteiger partial charge on any atom is 0.227 e. The molecule has 176 valence electrons. The highest BCUT2D eigenvalue weighted by atomic mass is 16.2. The van der Waals surface area contributed by atoms with Crippen molar-refractivity contribution in [1.82, 2.24) is 9.13 Å². The Morgan fingerprint density at radius 2 is 1.06 bits per heavy atom. The van der Waals surface area contributed by atoms with Gasteiger partial charge in [0.1, 0.15) is 0 Å². The molecule has 2 aromatic carbocycles. The highest BCUT2D eigenvalue weighted by Crippen LogP contribution is 2.23. The summed E-state index contributed by atoms with van der Waals surface area (Å²) in [6.45, 7) is 2.94. The predicted molar refractivity (Wildman–Crippen MR) is 137 cm³/mol. The number of carbonyl (C=O) groups is 4. The van der Waals surface area contributed by atoms with Gasteiger partial charge in [0.2, 0.25) is 11.8 Å². The first-order valence-electron chi connectivity index (χ1n) is 11.5. The largest absolute Gasteiger partial charge is 0.289 e. The van der Waals surface area contributed by atoms with E-state index in [2.05, 4.69) is 0 Å². The maximum atomic E-state index is 12.7. The minimum atomic E-state index is -0.145. The van der Waals surface area contributed by atoms with Crippen molar-refractivity contribution in [3.05, 3.63) is 96.4 Å². The number of hydrogen-bond acceptors (Lipinski definition) is 4. The normalized spacial score (nSPS) is 11.7. The van der Waals surface area contributed by atoms with E-state index in [0.29, 0.717) is 24.0 Å². The van der Waals surface area contributed by atoms with E-state index in [1.165, 1.54) is 35.1 Å². The van der Waals surface area contributed by atoms with E-state index in [-0.39, 0.29) is 23.4 Å². The molecule has 6 heteroatoms. The lowest BCUT2D eigenvalue weighted by Crippen LogP contribution is -2.03. The molecule has 6 nitrogen and oxygen atoms in total. The zero-order chi connectivity index (χ0) is 24.9. The second kappa shape index (κ2) is 10.3. The number of carbonyl (C=O) groups excluding carboxylic acids is 4. The third-order valence-corrected chi connectivity index (χ3v) is 5.91. The molecule has 2 heterocycles. The summed E-state index contributed by atoms with van der Waals surface area (Å²) < 4.78 is 2.98. The van der Waals surface area contributed by atoms with Crippen LogP contribution in [0.25, 0.3) is 21.8 Å². The lowest BCUT2D eigenvalue weighted by atomic mass is 10.1. The van der Waals surface area contributed by atoms with Gasteiger partial charge in [0.25, 0.3) is 0 Å². The molecule has 2 aromatic heterocycles. The van der Waals surface area contributed by atoms with Crippen LogP contribution < -0.4 is 0 Å². The van der Waals surface area contributed by atoms with Crippen LogP contribution in [0.1, 0.15) is 63.4 Å². The first-order valence-corrected chi connectivity index (χ1v) is 11.5. The van der Waals surface area contributed by atoms with Crippen LogP contribution in [0.5, 0.6) is 0 Å². The highest BCUT2D eigenvalue weighted by molar-refractivity contribution is 6.15. The SMILES string of the molecule is CC(=O)n1cc(C(=O)/C=C/CCC/C=C/C(=O)c2cn(C(C)=O)c3ccccc23)c2ccccc21. The lowest BCUT2D eigenvalue weighted by Gasteiger charge is -1.96. The number of ketones is 2. The van der Waals surface area contributed by atoms with Gasteiger partial charge in [-0.15, -0.1) is 0 Å². The van der Waals surface area contributed by atoms with Crippen LogP contribution in [0.4, 0.5) is 0 Å². The molecule has 0 N–H and O–H groups in total. The van der Waals surface area contributed by atoms with Crippen molar-refractivity contribution in [2.75, 3.05) is 0 Å². The Bertz CT molecular complexity index is 1400. The number of hydrogen-bond donors (Lipinski definition) is 0. The zero-order valence-electron chi connectivity index (χ0n) is 19.7. The molecule has 0 amide bonds. The number of para-hydroxylation sites is 2. The number of allylic oxidation sites excluding steroid dienone is 4. The minimum Gasteiger partial charge on any atom is -0.289 e. The summed E-state index contributed by atoms with van der Waals surface area (Å²) in [6, 6.07) is 14.7. The highest BCUT2D eigenvalue weighted by Gasteiger charge is 2.15. The fourth-order valence-corrected chi connectivity index (χ4v) is 4.19. The standard InChI is InChI=1S/C29H26N2O4/c1-20(32)30-18-24(22-12-8-10-14-26(22)30)28(34)16-6-4-3-5-7-17-29(35)25-19-31(21(2)33)27-15-11-9-13-23(25)27/h6-19H,3-5H2,1-2H3/b16-6+,17-7+. The van der Waals surface area contributed by atoms with E-state index in [0.717, 1.165) is 28.2 Å². The molecule has 4 rings (SSSR count). The van der Waals surface area contributed by atoms with Crippen LogP contribution in [-0.4, -0.2) is 32.5 Å². The Balaban J connectivity index is 1.34. The van der Waals surface area contributed by atoms with Gasteiger partial charge in [0.05, 0.1) is 11.0 Å². The van der Waals surface area contributed by atoms with E-state index in [4.69, 9.17) is 0 Å². The molecular weight excluding hydrogens is 440 g/mol. The predicted octanol–water partition coefficient (Wildman–Crippen LogP) is 6.26. The monoisotopic (exact) mass is 466 g/mol. The molecule has 0 unspecified atom stereocenters. The molecule has 0 aliphatic rings. The minimum absolute atomic E-state index is 0.142. The molecule has 0 aliphatic heterocycles. The molecule has 0 bridgehead atoms. The fraction of sp³-hybridized carbons (Fsp3) is 0.172. The molecule has 0 fully saturated rings. The summed E-state index contributed by atoms with van der Waals surface area (Å²) in [4.78, 5) is 49.1. The summed E-state index contributed by atoms with van der Waals surface area (Å²) in [5.74, 6) is -0.574. The van der Waals surface area contributed by atoms with E-state index in [1.54, 1.807) is 12.4 Å². The molecule has 0 spiro atoms. The Morgan fingerprint density at radius 1 is 0.657 bits per heavy atom. The average molecular weight is 467 g/mol. The first-order chi connectivity index (χ1) is 16.9. The molecule has 0 radical (unpaired) electrons. The van der Waals surface area contributed by atoms with Gasteiger partial charge in [-0.3, -0.25) is 28.3 Å². The van der Waals surface area contributed by atoms with Crippen LogP contribution in [0.3, 0.4) is 0 Å². The van der Waals surface area contributed by atoms with Crippen LogP contribution >= 0.6 is 0 Å². The molecule has 0 aliphatic carbocycles. The quantitative estimate of drug-likeness (QED) is 0.174. The van der Waals surface area contributed by atoms with Crippen molar-refractivity contribution in [2.24, 2.45) is 0 Å². The number of nitrogens with zero attached hydrogens (tertiary/aromatic N) is 2. The van der Waals surface area contributed by atoms with Crippen molar-refractivity contribution in [3.63, 3.8) is 0 Å². The summed E-state index contributed by atoms with van der Waals surface area (Å²) in [5, 5.41) is 1.51. The zero-order valence-corrected chi connectivity index (χ0v) is 19.7. The Kier molecular flexibility index (Phi) is 7.01. The average Bonchev–Trinajstić information content (AvgIpc) is 3.43. The number of aromatic nitrogens is 2. The summed E-state index contributed by atoms with van der Waals surface area (Å²) in [7, 11) is 0. The van der Waals surface area contributed by atoms with Crippen LogP contribution in [0.15, 0.2) is 85.2 Å². The molecule has 35 heavy (non-hydrogen) atoms. The summed E-state index contributed by atoms with van der Waals surface area (Å²) in [5.41, 5.74) is 2.44. The van der Waals surface area contributed by atoms with Gasteiger partial charge in [0, 0.05) is 48.1 Å². The van der Waals surface area contributed by atoms with Gasteiger partial charge in [-0.25, -0.2) is 0 Å². The molecular formula is C29H26N2O4. The molecule has 4 aromatic rings. The summed E-state index contributed by atoms with van der Waals surface area (Å²) in [6.07, 6.45) is 12.0. The van der Waals surface area contributed by atoms with E-state index < -0.39 is 0 Å². The van der Waals surface area contributed by atoms with Gasteiger partial charge in [-0.05, 0) is 43.5 Å². The topological polar surface area (TPSA) is 78.1 Å². The second-order valence-electron chi connectivity index (χ2n) is 8.36. The Labute approximate surface area is 203 Å². The third-order valence-electron chi connectivity index (χ3n) is 5.91. The number of benzene rings is 2. The first kappa shape index (κ1) is 23.8. The number of rotatable bonds is 8. The van der Waals surface area contributed by atoms with Crippen molar-refractivity contribution < 1.29 is 19.2 Å². The van der Waals surface area contributed by atoms with Crippen molar-refractivity contribution in [1.29, 1.82) is 0 Å². The molecule has 0 saturated heterocycles. The van der Waals surface area contributed by atoms with Gasteiger partial charge >= 0.3 is 0 Å². The Morgan fingerprint density at radius 3 is 1.46 bits per heavy atom. The van der Waals surface area contributed by atoms with Gasteiger partial charge in [-0.1, -0.05) is 48.6 Å². The fourth-order valence-electron chi connectivity index (χ4n) is 4.19. The van der Waals surface area contributed by atoms with Crippen molar-refractivity contribution >= 4 is 45.2 Å². The lowest BCUT2D eigenvalue weighted by molar-refractivity contribution is 0.0932. The van der Waals surface area contributed by atoms with E-state index >= 15 is 0 Å². The smallest absolute Gasteiger partial charge is 0.227 e. The Hall–Kier alpha value is -4.32. The van der Waals surface area contributed by atoms with Gasteiger partial charge < -0.3 is 0 Å². The van der Waals surface area contributed by atoms with Gasteiger partial charge in [-0.2, -0.15) is 0 Å². The van der Waals surface area contributed by atoms with E-state index in [1.807, 2.05) is 60.7 Å². The van der Waals surface area contributed by atoms with Crippen LogP contribution in [-0.2, 0) is 0 Å². The van der Waals surface area contributed by atoms with E-state index in [9.17, 15) is 19.2 Å². The molecule has 0 saturated carbocycles. The summed E-state index contributed by atoms with van der Waals surface area (Å²) >= 11 is 0. The van der Waals surface area contributed by atoms with Crippen LogP contribution in [0.2, 0.25) is 0 Å². The van der Waals surface area contributed by atoms with Crippen molar-refractivity contribution in [3.8, 4) is 0 Å².